The van der Waals surface area contributed by atoms with Crippen molar-refractivity contribution in [3.05, 3.63) is 117 Å². The highest BCUT2D eigenvalue weighted by Gasteiger charge is 2.23. The first-order chi connectivity index (χ1) is 27.2. The van der Waals surface area contributed by atoms with Crippen LogP contribution in [-0.4, -0.2) is 88.0 Å². The summed E-state index contributed by atoms with van der Waals surface area (Å²) < 4.78 is 11.2. The maximum absolute atomic E-state index is 12.6. The van der Waals surface area contributed by atoms with Crippen LogP contribution in [-0.2, 0) is 33.6 Å². The molecule has 5 heterocycles. The fourth-order valence-corrected chi connectivity index (χ4v) is 7.17. The number of carbonyl (C=O) groups is 2. The molecule has 2 aromatic carbocycles. The van der Waals surface area contributed by atoms with E-state index in [-0.39, 0.29) is 45.5 Å². The second-order valence-corrected chi connectivity index (χ2v) is 13.5. The van der Waals surface area contributed by atoms with Gasteiger partial charge in [-0.1, -0.05) is 13.3 Å². The Morgan fingerprint density at radius 3 is 2.12 bits per heavy atom. The van der Waals surface area contributed by atoms with Gasteiger partial charge in [0.25, 0.3) is 11.2 Å². The number of rotatable bonds is 10. The van der Waals surface area contributed by atoms with Crippen LogP contribution in [0.2, 0.25) is 0 Å². The number of pyridine rings is 1. The second-order valence-electron chi connectivity index (χ2n) is 13.5. The lowest BCUT2D eigenvalue weighted by Crippen LogP contribution is -2.47. The highest BCUT2D eigenvalue weighted by molar-refractivity contribution is 6.01. The van der Waals surface area contributed by atoms with Gasteiger partial charge in [0.15, 0.2) is 22.0 Å². The lowest BCUT2D eigenvalue weighted by Gasteiger charge is -2.36. The third kappa shape index (κ3) is 7.56. The number of fused-ring (bicyclic) bond motifs is 3. The summed E-state index contributed by atoms with van der Waals surface area (Å²) in [5.41, 5.74) is 0.769. The summed E-state index contributed by atoms with van der Waals surface area (Å²) in [6.07, 6.45) is 2.60. The summed E-state index contributed by atoms with van der Waals surface area (Å²) in [4.78, 5) is 91.6. The average Bonchev–Trinajstić information content (AvgIpc) is 3.63. The van der Waals surface area contributed by atoms with Crippen LogP contribution in [0.1, 0.15) is 46.9 Å². The maximum atomic E-state index is 12.6. The quantitative estimate of drug-likeness (QED) is 0.115. The van der Waals surface area contributed by atoms with Crippen LogP contribution in [0.4, 0.5) is 11.4 Å². The molecule has 19 heteroatoms. The standard InChI is InChI=1S/C19H23N7O4.C19H17NO7/c1-21-17-16(18(27)22(2)19(21)28)25(13-20-17)12-9-23-7-10-24(11-8-23)14-3-5-15(6-4-14)26(29)30;1-3-5-9-16-10(13(21)7-12(18(23)24)20(16)4-2)6-11-14(22)8-15(19(25)26)27-17(9)11/h3-6,13H,7-12H2,1-2H3;6-8H,3-5H2,1-2H3,(H,23,24)(H,25,26). The van der Waals surface area contributed by atoms with E-state index in [4.69, 9.17) is 4.42 Å². The Morgan fingerprint density at radius 2 is 1.53 bits per heavy atom. The zero-order valence-corrected chi connectivity index (χ0v) is 31.6. The molecule has 7 rings (SSSR count). The number of imidazole rings is 1. The highest BCUT2D eigenvalue weighted by Crippen LogP contribution is 2.29. The van der Waals surface area contributed by atoms with Crippen LogP contribution in [0.25, 0.3) is 33.0 Å². The van der Waals surface area contributed by atoms with Crippen molar-refractivity contribution >= 4 is 56.3 Å². The van der Waals surface area contributed by atoms with Gasteiger partial charge < -0.3 is 28.7 Å². The van der Waals surface area contributed by atoms with Gasteiger partial charge in [0.05, 0.1) is 22.2 Å². The van der Waals surface area contributed by atoms with E-state index in [1.807, 2.05) is 6.92 Å². The van der Waals surface area contributed by atoms with Crippen LogP contribution in [0.15, 0.2) is 72.4 Å². The molecule has 57 heavy (non-hydrogen) atoms. The van der Waals surface area contributed by atoms with Crippen LogP contribution in [0.5, 0.6) is 0 Å². The van der Waals surface area contributed by atoms with Crippen molar-refractivity contribution in [2.75, 3.05) is 37.6 Å². The smallest absolute Gasteiger partial charge is 0.371 e. The Kier molecular flexibility index (Phi) is 11.2. The second kappa shape index (κ2) is 16.1. The van der Waals surface area contributed by atoms with Crippen LogP contribution in [0.3, 0.4) is 0 Å². The molecule has 19 nitrogen and oxygen atoms in total. The number of anilines is 1. The number of hydrogen-bond acceptors (Lipinski definition) is 12. The molecular formula is C38H40N8O11. The molecular weight excluding hydrogens is 744 g/mol. The van der Waals surface area contributed by atoms with Gasteiger partial charge in [-0.25, -0.2) is 19.4 Å². The van der Waals surface area contributed by atoms with Crippen molar-refractivity contribution in [3.63, 3.8) is 0 Å². The summed E-state index contributed by atoms with van der Waals surface area (Å²) in [5, 5.41) is 29.8. The molecule has 1 fully saturated rings. The van der Waals surface area contributed by atoms with Gasteiger partial charge in [0.1, 0.15) is 11.3 Å². The molecule has 0 atom stereocenters. The fraction of sp³-hybridized carbons (Fsp3) is 0.342. The predicted octanol–water partition coefficient (Wildman–Crippen LogP) is 2.64. The largest absolute Gasteiger partial charge is 0.477 e. The molecule has 1 aliphatic rings. The number of aromatic carboxylic acids is 2. The fourth-order valence-electron chi connectivity index (χ4n) is 7.17. The summed E-state index contributed by atoms with van der Waals surface area (Å²) in [7, 11) is 3.08. The van der Waals surface area contributed by atoms with Gasteiger partial charge in [-0.2, -0.15) is 0 Å². The summed E-state index contributed by atoms with van der Waals surface area (Å²) >= 11 is 0. The van der Waals surface area contributed by atoms with Crippen molar-refractivity contribution in [2.45, 2.75) is 39.8 Å². The number of hydrogen-bond donors (Lipinski definition) is 2. The van der Waals surface area contributed by atoms with Crippen molar-refractivity contribution in [1.82, 2.24) is 28.2 Å². The molecule has 0 saturated carbocycles. The van der Waals surface area contributed by atoms with Gasteiger partial charge >= 0.3 is 17.6 Å². The summed E-state index contributed by atoms with van der Waals surface area (Å²) in [6.45, 7) is 8.56. The van der Waals surface area contributed by atoms with E-state index >= 15 is 0 Å². The third-order valence-electron chi connectivity index (χ3n) is 10.1. The number of piperazine rings is 1. The van der Waals surface area contributed by atoms with Gasteiger partial charge in [0.2, 0.25) is 5.76 Å². The first-order valence-corrected chi connectivity index (χ1v) is 18.1. The maximum Gasteiger partial charge on any atom is 0.371 e. The number of nitro benzene ring substituents is 1. The molecule has 0 bridgehead atoms. The van der Waals surface area contributed by atoms with E-state index in [0.29, 0.717) is 41.6 Å². The monoisotopic (exact) mass is 784 g/mol. The molecule has 1 aliphatic heterocycles. The van der Waals surface area contributed by atoms with Gasteiger partial charge in [0, 0.05) is 101 Å². The molecule has 1 saturated heterocycles. The Bertz CT molecular complexity index is 2810. The van der Waals surface area contributed by atoms with E-state index < -0.39 is 33.5 Å². The Balaban J connectivity index is 0.000000194. The zero-order valence-electron chi connectivity index (χ0n) is 31.6. The van der Waals surface area contributed by atoms with E-state index in [1.165, 1.54) is 34.4 Å². The molecule has 0 unspecified atom stereocenters. The Hall–Kier alpha value is -6.89. The normalized spacial score (nSPS) is 13.2. The van der Waals surface area contributed by atoms with Gasteiger partial charge in [-0.15, -0.1) is 0 Å². The average molecular weight is 785 g/mol. The molecule has 6 aromatic rings. The van der Waals surface area contributed by atoms with Crippen molar-refractivity contribution in [1.29, 1.82) is 0 Å². The highest BCUT2D eigenvalue weighted by atomic mass is 16.6. The molecule has 0 amide bonds. The minimum atomic E-state index is -1.39. The van der Waals surface area contributed by atoms with Crippen molar-refractivity contribution in [2.24, 2.45) is 14.1 Å². The molecule has 2 N–H and O–H groups in total. The number of aromatic nitrogens is 5. The third-order valence-corrected chi connectivity index (χ3v) is 10.1. The number of benzene rings is 2. The first-order valence-electron chi connectivity index (χ1n) is 18.1. The van der Waals surface area contributed by atoms with Crippen LogP contribution < -0.4 is 27.0 Å². The Morgan fingerprint density at radius 1 is 0.860 bits per heavy atom. The Labute approximate surface area is 322 Å². The first kappa shape index (κ1) is 39.8. The molecule has 0 radical (unpaired) electrons. The van der Waals surface area contributed by atoms with Gasteiger partial charge in [-0.3, -0.25) is 38.5 Å². The van der Waals surface area contributed by atoms with E-state index in [1.54, 1.807) is 37.0 Å². The van der Waals surface area contributed by atoms with E-state index in [0.717, 1.165) is 55.1 Å². The van der Waals surface area contributed by atoms with Crippen molar-refractivity contribution in [3.8, 4) is 0 Å². The summed E-state index contributed by atoms with van der Waals surface area (Å²) in [5.74, 6) is -3.15. The summed E-state index contributed by atoms with van der Waals surface area (Å²) in [6, 6.07) is 9.87. The minimum Gasteiger partial charge on any atom is -0.477 e. The molecule has 298 valence electrons. The van der Waals surface area contributed by atoms with E-state index in [9.17, 15) is 49.1 Å². The predicted molar refractivity (Wildman–Crippen MR) is 210 cm³/mol. The number of carboxylic acid groups (broad SMARTS) is 2. The number of carboxylic acids is 2. The lowest BCUT2D eigenvalue weighted by atomic mass is 10.00. The number of non-ortho nitro benzene ring substituents is 1. The molecule has 4 aromatic heterocycles. The van der Waals surface area contributed by atoms with Gasteiger partial charge in [-0.05, 0) is 31.5 Å². The number of aryl methyl sites for hydroxylation is 3. The van der Waals surface area contributed by atoms with Crippen LogP contribution >= 0.6 is 0 Å². The minimum absolute atomic E-state index is 0.0680. The number of nitrogens with zero attached hydrogens (tertiary/aromatic N) is 8. The lowest BCUT2D eigenvalue weighted by molar-refractivity contribution is -0.384. The topological polar surface area (TPSA) is 238 Å². The molecule has 0 spiro atoms. The SMILES string of the molecule is CCCc1c2oc(C(=O)O)cc(=O)c2cc2c(=O)cc(C(=O)O)n(CC)c12.Cn1c(=O)c2c(ncn2CCN2CCN(c3ccc([N+](=O)[O-])cc3)CC2)n(C)c1=O. The number of nitro groups is 1. The van der Waals surface area contributed by atoms with E-state index in [2.05, 4.69) is 14.8 Å². The zero-order chi connectivity index (χ0) is 41.3. The van der Waals surface area contributed by atoms with Crippen LogP contribution in [0, 0.1) is 10.1 Å². The molecule has 0 aliphatic carbocycles. The van der Waals surface area contributed by atoms with Crippen molar-refractivity contribution < 1.29 is 29.1 Å².